The van der Waals surface area contributed by atoms with Crippen molar-refractivity contribution in [3.05, 3.63) is 42.5 Å². The van der Waals surface area contributed by atoms with E-state index in [-0.39, 0.29) is 10.8 Å². The average molecular weight is 788 g/mol. The van der Waals surface area contributed by atoms with Crippen LogP contribution in [-0.2, 0) is 23.2 Å². The molecule has 0 aromatic heterocycles. The lowest BCUT2D eigenvalue weighted by atomic mass is 9.91. The van der Waals surface area contributed by atoms with Crippen LogP contribution in [0.25, 0.3) is 10.8 Å². The molecule has 2 aromatic rings. The van der Waals surface area contributed by atoms with Crippen molar-refractivity contribution >= 4 is 37.4 Å². The first kappa shape index (κ1) is 40.5. The third-order valence-electron chi connectivity index (χ3n) is 7.03. The smallest absolute Gasteiger partial charge is 0.438 e. The Hall–Kier alpha value is -2.96. The van der Waals surface area contributed by atoms with Crippen LogP contribution in [0.15, 0.2) is 47.4 Å². The number of alkyl halides is 17. The summed E-state index contributed by atoms with van der Waals surface area (Å²) in [5.74, 6) is -54.3. The molecule has 1 aliphatic heterocycles. The number of hydrogen-bond acceptors (Lipinski definition) is 6. The van der Waals surface area contributed by atoms with E-state index in [1.54, 1.807) is 0 Å². The highest BCUT2D eigenvalue weighted by atomic mass is 32.3. The molecule has 0 amide bonds. The van der Waals surface area contributed by atoms with Crippen molar-refractivity contribution in [1.82, 2.24) is 0 Å². The molecule has 25 heteroatoms. The summed E-state index contributed by atoms with van der Waals surface area (Å²) < 4.78 is 273. The maximum absolute atomic E-state index is 15.0. The number of ether oxygens (including phenoxy) is 2. The van der Waals surface area contributed by atoms with Crippen molar-refractivity contribution in [2.45, 2.75) is 64.4 Å². The van der Waals surface area contributed by atoms with Crippen molar-refractivity contribution in [3.63, 3.8) is 0 Å². The minimum atomic E-state index is -8.98. The standard InChI is InChI=1S/C24H17F17O6S2/c1-45-16(42)46-13-9-10-48(11-13,15-8-4-6-12-5-2-3-7-14(12)15)47-49(43,44)24(40,41)22(35,36)20(31,32)18(27,28)17(25,26)19(29,30)21(33,34)23(37,38)39/h2-8,13H,9-11H2,1H3. The lowest BCUT2D eigenvalue weighted by molar-refractivity contribution is -0.458. The van der Waals surface area contributed by atoms with Gasteiger partial charge < -0.3 is 9.47 Å². The fourth-order valence-electron chi connectivity index (χ4n) is 4.40. The lowest BCUT2D eigenvalue weighted by Crippen LogP contribution is -2.75. The fourth-order valence-corrected chi connectivity index (χ4v) is 10.3. The summed E-state index contributed by atoms with van der Waals surface area (Å²) in [5.41, 5.74) is 0. The van der Waals surface area contributed by atoms with Gasteiger partial charge in [-0.2, -0.15) is 83.1 Å². The molecule has 6 nitrogen and oxygen atoms in total. The summed E-state index contributed by atoms with van der Waals surface area (Å²) in [6.45, 7) is 0. The van der Waals surface area contributed by atoms with E-state index < -0.39 is 102 Å². The Balaban J connectivity index is 2.18. The highest BCUT2D eigenvalue weighted by Gasteiger charge is 2.96. The van der Waals surface area contributed by atoms with Gasteiger partial charge in [0.15, 0.2) is 0 Å². The second kappa shape index (κ2) is 12.1. The third kappa shape index (κ3) is 5.89. The predicted octanol–water partition coefficient (Wildman–Crippen LogP) is 8.79. The monoisotopic (exact) mass is 788 g/mol. The average Bonchev–Trinajstić information content (AvgIpc) is 3.37. The van der Waals surface area contributed by atoms with Gasteiger partial charge in [0.2, 0.25) is 0 Å². The number of carbonyl (C=O) groups excluding carboxylic acids is 1. The molecule has 1 heterocycles. The lowest BCUT2D eigenvalue weighted by Gasteiger charge is -2.43. The SMILES string of the molecule is COC(=O)OC1CCS(OS(=O)(=O)C(F)(F)C(F)(F)C(F)(F)C(F)(F)C(F)(F)C(F)(F)C(F)(F)C(F)(F)F)(c2cccc3ccccc23)C1. The molecule has 0 saturated carbocycles. The topological polar surface area (TPSA) is 78.9 Å². The number of benzene rings is 2. The molecular formula is C24H17F17O6S2. The van der Waals surface area contributed by atoms with Crippen LogP contribution in [0.2, 0.25) is 0 Å². The van der Waals surface area contributed by atoms with Gasteiger partial charge >= 0.3 is 63.2 Å². The van der Waals surface area contributed by atoms with Crippen molar-refractivity contribution in [3.8, 4) is 0 Å². The van der Waals surface area contributed by atoms with E-state index in [1.807, 2.05) is 0 Å². The molecule has 1 saturated heterocycles. The highest BCUT2D eigenvalue weighted by Crippen LogP contribution is 2.68. The molecule has 0 radical (unpaired) electrons. The van der Waals surface area contributed by atoms with Gasteiger partial charge in [0.05, 0.1) is 7.11 Å². The van der Waals surface area contributed by atoms with E-state index in [1.165, 1.54) is 30.3 Å². The van der Waals surface area contributed by atoms with Crippen LogP contribution in [0.4, 0.5) is 79.4 Å². The minimum absolute atomic E-state index is 0.0895. The summed E-state index contributed by atoms with van der Waals surface area (Å²) in [5, 5.41) is -7.79. The van der Waals surface area contributed by atoms with E-state index >= 15 is 0 Å². The van der Waals surface area contributed by atoms with Crippen LogP contribution in [-0.4, -0.2) is 86.3 Å². The molecule has 280 valence electrons. The first-order valence-corrected chi connectivity index (χ1v) is 15.8. The number of fused-ring (bicyclic) bond motifs is 1. The zero-order chi connectivity index (χ0) is 38.1. The van der Waals surface area contributed by atoms with Crippen molar-refractivity contribution < 1.29 is 101 Å². The van der Waals surface area contributed by atoms with E-state index in [4.69, 9.17) is 4.74 Å². The van der Waals surface area contributed by atoms with Crippen LogP contribution in [0, 0.1) is 0 Å². The summed E-state index contributed by atoms with van der Waals surface area (Å²) in [4.78, 5) is 11.1. The molecule has 3 rings (SSSR count). The van der Waals surface area contributed by atoms with Crippen LogP contribution in [0.1, 0.15) is 6.42 Å². The summed E-state index contributed by atoms with van der Waals surface area (Å²) in [7, 11) is -11.3. The van der Waals surface area contributed by atoms with E-state index in [0.717, 1.165) is 19.2 Å². The van der Waals surface area contributed by atoms with Crippen LogP contribution in [0.3, 0.4) is 0 Å². The Morgan fingerprint density at radius 3 is 1.67 bits per heavy atom. The molecule has 2 aromatic carbocycles. The Morgan fingerprint density at radius 1 is 0.694 bits per heavy atom. The van der Waals surface area contributed by atoms with E-state index in [0.29, 0.717) is 0 Å². The molecule has 0 N–H and O–H groups in total. The highest BCUT2D eigenvalue weighted by molar-refractivity contribution is 8.33. The molecular weight excluding hydrogens is 771 g/mol. The van der Waals surface area contributed by atoms with Gasteiger partial charge in [-0.15, -0.1) is 0 Å². The van der Waals surface area contributed by atoms with Crippen molar-refractivity contribution in [1.29, 1.82) is 0 Å². The fraction of sp³-hybridized carbons (Fsp3) is 0.542. The number of hydrogen-bond donors (Lipinski definition) is 0. The van der Waals surface area contributed by atoms with Gasteiger partial charge in [-0.3, -0.25) is 0 Å². The molecule has 1 fully saturated rings. The van der Waals surface area contributed by atoms with Gasteiger partial charge in [0.1, 0.15) is 6.10 Å². The summed E-state index contributed by atoms with van der Waals surface area (Å²) >= 11 is 0. The Labute approximate surface area is 264 Å². The second-order valence-corrected chi connectivity index (χ2v) is 14.9. The van der Waals surface area contributed by atoms with Crippen molar-refractivity contribution in [2.24, 2.45) is 0 Å². The second-order valence-electron chi connectivity index (χ2n) is 10.1. The zero-order valence-electron chi connectivity index (χ0n) is 23.4. The molecule has 2 atom stereocenters. The third-order valence-corrected chi connectivity index (χ3v) is 12.6. The van der Waals surface area contributed by atoms with Crippen LogP contribution in [0.5, 0.6) is 0 Å². The van der Waals surface area contributed by atoms with Gasteiger partial charge in [-0.25, -0.2) is 8.42 Å². The largest absolute Gasteiger partial charge is 0.508 e. The first-order chi connectivity index (χ1) is 21.8. The van der Waals surface area contributed by atoms with Crippen molar-refractivity contribution in [2.75, 3.05) is 18.6 Å². The van der Waals surface area contributed by atoms with Gasteiger partial charge in [0, 0.05) is 16.4 Å². The molecule has 0 aliphatic carbocycles. The normalized spacial score (nSPS) is 22.1. The van der Waals surface area contributed by atoms with Gasteiger partial charge in [0.25, 0.3) is 0 Å². The van der Waals surface area contributed by atoms with Crippen LogP contribution >= 0.6 is 10.3 Å². The van der Waals surface area contributed by atoms with E-state index in [2.05, 4.69) is 8.37 Å². The first-order valence-electron chi connectivity index (χ1n) is 12.5. The van der Waals surface area contributed by atoms with Crippen LogP contribution < -0.4 is 0 Å². The number of halogens is 17. The van der Waals surface area contributed by atoms with Gasteiger partial charge in [-0.1, -0.05) is 46.7 Å². The predicted molar refractivity (Wildman–Crippen MR) is 132 cm³/mol. The molecule has 49 heavy (non-hydrogen) atoms. The Kier molecular flexibility index (Phi) is 9.98. The maximum Gasteiger partial charge on any atom is 0.508 e. The summed E-state index contributed by atoms with van der Waals surface area (Å²) in [6.07, 6.45) is -11.5. The molecule has 0 spiro atoms. The zero-order valence-corrected chi connectivity index (χ0v) is 25.1. The number of methoxy groups -OCH3 is 1. The number of rotatable bonds is 11. The Bertz CT molecular complexity index is 1670. The molecule has 1 aliphatic rings. The number of carbonyl (C=O) groups is 1. The van der Waals surface area contributed by atoms with E-state index in [9.17, 15) is 87.8 Å². The minimum Gasteiger partial charge on any atom is -0.438 e. The van der Waals surface area contributed by atoms with Gasteiger partial charge in [-0.05, 0) is 23.3 Å². The molecule has 0 bridgehead atoms. The molecule has 2 unspecified atom stereocenters. The summed E-state index contributed by atoms with van der Waals surface area (Å²) in [6, 6.07) is 8.50. The maximum atomic E-state index is 15.0. The quantitative estimate of drug-likeness (QED) is 0.168. The Morgan fingerprint density at radius 2 is 1.16 bits per heavy atom.